The Bertz CT molecular complexity index is 617. The third-order valence-corrected chi connectivity index (χ3v) is 4.02. The number of hydrogen-bond acceptors (Lipinski definition) is 3. The molecule has 0 spiro atoms. The van der Waals surface area contributed by atoms with Crippen LogP contribution in [0.5, 0.6) is 0 Å². The molecule has 2 aromatic rings. The largest absolute Gasteiger partial charge is 0.310 e. The standard InChI is InChI=1S/C16H21N3OS/c1-11(2)19-15(9-13(4)18-19)17-16(20)10-21-14-7-5-12(3)6-8-14/h5-9,11H,10H2,1-4H3,(H,17,20). The van der Waals surface area contributed by atoms with Crippen LogP contribution in [0.25, 0.3) is 0 Å². The number of rotatable bonds is 5. The molecule has 4 nitrogen and oxygen atoms in total. The number of aryl methyl sites for hydroxylation is 2. The number of amides is 1. The van der Waals surface area contributed by atoms with Crippen LogP contribution in [0.3, 0.4) is 0 Å². The van der Waals surface area contributed by atoms with Crippen molar-refractivity contribution in [2.75, 3.05) is 11.1 Å². The van der Waals surface area contributed by atoms with Crippen molar-refractivity contribution in [3.05, 3.63) is 41.6 Å². The minimum Gasteiger partial charge on any atom is -0.310 e. The predicted molar refractivity (Wildman–Crippen MR) is 87.9 cm³/mol. The highest BCUT2D eigenvalue weighted by Crippen LogP contribution is 2.20. The molecule has 0 aliphatic carbocycles. The van der Waals surface area contributed by atoms with Gasteiger partial charge in [0.25, 0.3) is 0 Å². The van der Waals surface area contributed by atoms with Gasteiger partial charge in [0, 0.05) is 17.0 Å². The zero-order valence-corrected chi connectivity index (χ0v) is 13.7. The normalized spacial score (nSPS) is 10.9. The summed E-state index contributed by atoms with van der Waals surface area (Å²) in [5.74, 6) is 1.14. The summed E-state index contributed by atoms with van der Waals surface area (Å²) in [6, 6.07) is 10.3. The number of nitrogens with one attached hydrogen (secondary N) is 1. The van der Waals surface area contributed by atoms with Gasteiger partial charge in [0.05, 0.1) is 11.4 Å². The van der Waals surface area contributed by atoms with Crippen LogP contribution in [0.1, 0.15) is 31.1 Å². The molecule has 0 atom stereocenters. The van der Waals surface area contributed by atoms with Gasteiger partial charge in [-0.05, 0) is 39.8 Å². The van der Waals surface area contributed by atoms with E-state index in [-0.39, 0.29) is 11.9 Å². The van der Waals surface area contributed by atoms with Crippen LogP contribution in [0.4, 0.5) is 5.82 Å². The van der Waals surface area contributed by atoms with E-state index in [9.17, 15) is 4.79 Å². The summed E-state index contributed by atoms with van der Waals surface area (Å²) in [4.78, 5) is 13.2. The van der Waals surface area contributed by atoms with E-state index in [1.165, 1.54) is 17.3 Å². The minimum absolute atomic E-state index is 0.0117. The van der Waals surface area contributed by atoms with Crippen molar-refractivity contribution in [3.63, 3.8) is 0 Å². The number of nitrogens with zero attached hydrogens (tertiary/aromatic N) is 2. The van der Waals surface area contributed by atoms with Gasteiger partial charge in [-0.3, -0.25) is 4.79 Å². The van der Waals surface area contributed by atoms with Gasteiger partial charge in [0.15, 0.2) is 0 Å². The van der Waals surface area contributed by atoms with Crippen molar-refractivity contribution >= 4 is 23.5 Å². The Hall–Kier alpha value is -1.75. The molecule has 112 valence electrons. The first-order chi connectivity index (χ1) is 9.95. The van der Waals surface area contributed by atoms with E-state index < -0.39 is 0 Å². The molecule has 0 fully saturated rings. The lowest BCUT2D eigenvalue weighted by atomic mass is 10.2. The smallest absolute Gasteiger partial charge is 0.235 e. The van der Waals surface area contributed by atoms with E-state index in [4.69, 9.17) is 0 Å². The first-order valence-corrected chi connectivity index (χ1v) is 7.99. The number of anilines is 1. The Balaban J connectivity index is 1.94. The highest BCUT2D eigenvalue weighted by atomic mass is 32.2. The summed E-state index contributed by atoms with van der Waals surface area (Å²) in [5.41, 5.74) is 2.13. The molecule has 0 aliphatic rings. The predicted octanol–water partition coefficient (Wildman–Crippen LogP) is 3.81. The van der Waals surface area contributed by atoms with Gasteiger partial charge in [0.2, 0.25) is 5.91 Å². The van der Waals surface area contributed by atoms with E-state index in [1.54, 1.807) is 0 Å². The first-order valence-electron chi connectivity index (χ1n) is 7.01. The third-order valence-electron chi connectivity index (χ3n) is 3.01. The number of carbonyl (C=O) groups excluding carboxylic acids is 1. The van der Waals surface area contributed by atoms with Crippen LogP contribution in [0.2, 0.25) is 0 Å². The Kier molecular flexibility index (Phi) is 5.07. The minimum atomic E-state index is -0.0117. The second-order valence-corrected chi connectivity index (χ2v) is 6.41. The quantitative estimate of drug-likeness (QED) is 0.854. The Morgan fingerprint density at radius 2 is 1.95 bits per heavy atom. The third kappa shape index (κ3) is 4.36. The van der Waals surface area contributed by atoms with E-state index in [0.717, 1.165) is 16.4 Å². The maximum absolute atomic E-state index is 12.1. The number of hydrogen-bond donors (Lipinski definition) is 1. The fourth-order valence-electron chi connectivity index (χ4n) is 1.97. The van der Waals surface area contributed by atoms with Crippen molar-refractivity contribution < 1.29 is 4.79 Å². The number of carbonyl (C=O) groups is 1. The van der Waals surface area contributed by atoms with Crippen molar-refractivity contribution in [2.24, 2.45) is 0 Å². The molecule has 0 bridgehead atoms. The topological polar surface area (TPSA) is 46.9 Å². The number of aromatic nitrogens is 2. The van der Waals surface area contributed by atoms with Gasteiger partial charge in [-0.2, -0.15) is 5.10 Å². The fraction of sp³-hybridized carbons (Fsp3) is 0.375. The Morgan fingerprint density at radius 1 is 1.29 bits per heavy atom. The molecular formula is C16H21N3OS. The van der Waals surface area contributed by atoms with Gasteiger partial charge < -0.3 is 5.32 Å². The summed E-state index contributed by atoms with van der Waals surface area (Å²) >= 11 is 1.54. The van der Waals surface area contributed by atoms with Crippen molar-refractivity contribution in [1.29, 1.82) is 0 Å². The molecule has 1 N–H and O–H groups in total. The van der Waals surface area contributed by atoms with Crippen molar-refractivity contribution in [3.8, 4) is 0 Å². The lowest BCUT2D eigenvalue weighted by molar-refractivity contribution is -0.113. The molecule has 1 aromatic heterocycles. The van der Waals surface area contributed by atoms with Gasteiger partial charge >= 0.3 is 0 Å². The summed E-state index contributed by atoms with van der Waals surface area (Å²) in [5, 5.41) is 7.32. The molecule has 5 heteroatoms. The zero-order valence-electron chi connectivity index (χ0n) is 12.9. The van der Waals surface area contributed by atoms with Crippen LogP contribution in [-0.2, 0) is 4.79 Å². The van der Waals surface area contributed by atoms with Gasteiger partial charge in [-0.15, -0.1) is 11.8 Å². The highest BCUT2D eigenvalue weighted by molar-refractivity contribution is 8.00. The Morgan fingerprint density at radius 3 is 2.57 bits per heavy atom. The van der Waals surface area contributed by atoms with Gasteiger partial charge in [-0.1, -0.05) is 17.7 Å². The molecule has 1 heterocycles. The zero-order chi connectivity index (χ0) is 15.4. The van der Waals surface area contributed by atoms with Crippen molar-refractivity contribution in [2.45, 2.75) is 38.6 Å². The van der Waals surface area contributed by atoms with Gasteiger partial charge in [-0.25, -0.2) is 4.68 Å². The second kappa shape index (κ2) is 6.80. The van der Waals surface area contributed by atoms with Gasteiger partial charge in [0.1, 0.15) is 5.82 Å². The Labute approximate surface area is 129 Å². The number of benzene rings is 1. The van der Waals surface area contributed by atoms with E-state index in [2.05, 4.69) is 29.5 Å². The van der Waals surface area contributed by atoms with Crippen LogP contribution < -0.4 is 5.32 Å². The fourth-order valence-corrected chi connectivity index (χ4v) is 2.66. The molecule has 1 amide bonds. The molecular weight excluding hydrogens is 282 g/mol. The molecule has 1 aromatic carbocycles. The second-order valence-electron chi connectivity index (χ2n) is 5.36. The van der Waals surface area contributed by atoms with E-state index in [1.807, 2.05) is 43.7 Å². The number of thioether (sulfide) groups is 1. The maximum Gasteiger partial charge on any atom is 0.235 e. The van der Waals surface area contributed by atoms with Crippen LogP contribution in [0, 0.1) is 13.8 Å². The lowest BCUT2D eigenvalue weighted by Gasteiger charge is -2.11. The molecule has 2 rings (SSSR count). The first kappa shape index (κ1) is 15.6. The summed E-state index contributed by atoms with van der Waals surface area (Å²) in [7, 11) is 0. The summed E-state index contributed by atoms with van der Waals surface area (Å²) in [6.07, 6.45) is 0. The van der Waals surface area contributed by atoms with Crippen LogP contribution in [-0.4, -0.2) is 21.4 Å². The molecule has 0 radical (unpaired) electrons. The monoisotopic (exact) mass is 303 g/mol. The SMILES string of the molecule is Cc1ccc(SCC(=O)Nc2cc(C)nn2C(C)C)cc1. The average molecular weight is 303 g/mol. The van der Waals surface area contributed by atoms with Crippen molar-refractivity contribution in [1.82, 2.24) is 9.78 Å². The maximum atomic E-state index is 12.1. The van der Waals surface area contributed by atoms with E-state index >= 15 is 0 Å². The highest BCUT2D eigenvalue weighted by Gasteiger charge is 2.11. The average Bonchev–Trinajstić information content (AvgIpc) is 2.79. The van der Waals surface area contributed by atoms with Crippen LogP contribution >= 0.6 is 11.8 Å². The molecule has 0 unspecified atom stereocenters. The molecule has 0 aliphatic heterocycles. The van der Waals surface area contributed by atoms with E-state index in [0.29, 0.717) is 5.75 Å². The summed E-state index contributed by atoms with van der Waals surface area (Å²) in [6.45, 7) is 8.07. The molecule has 0 saturated heterocycles. The summed E-state index contributed by atoms with van der Waals surface area (Å²) < 4.78 is 1.84. The van der Waals surface area contributed by atoms with Crippen LogP contribution in [0.15, 0.2) is 35.2 Å². The molecule has 0 saturated carbocycles. The lowest BCUT2D eigenvalue weighted by Crippen LogP contribution is -2.18. The molecule has 21 heavy (non-hydrogen) atoms.